The maximum atomic E-state index is 12.2. The highest BCUT2D eigenvalue weighted by Gasteiger charge is 2.15. The van der Waals surface area contributed by atoms with Crippen LogP contribution in [0.1, 0.15) is 26.2 Å². The summed E-state index contributed by atoms with van der Waals surface area (Å²) in [5.74, 6) is 0.588. The number of hydrogen-bond acceptors (Lipinski definition) is 4. The zero-order valence-electron chi connectivity index (χ0n) is 15.9. The Labute approximate surface area is 160 Å². The molecule has 0 spiro atoms. The Balaban J connectivity index is 1.48. The minimum Gasteiger partial charge on any atom is -0.354 e. The zero-order chi connectivity index (χ0) is 19.1. The first-order valence-corrected chi connectivity index (χ1v) is 9.74. The van der Waals surface area contributed by atoms with Crippen LogP contribution >= 0.6 is 0 Å². The van der Waals surface area contributed by atoms with E-state index < -0.39 is 0 Å². The first-order valence-electron chi connectivity index (χ1n) is 9.74. The molecule has 27 heavy (non-hydrogen) atoms. The van der Waals surface area contributed by atoms with Crippen molar-refractivity contribution in [2.75, 3.05) is 26.2 Å². The molecule has 1 saturated heterocycles. The standard InChI is InChI=1S/C21H28N4O2/c1-17-7-5-13-24(15-17)14-6-12-22-20(26)16-25-21(27)11-10-19(23-25)18-8-3-2-4-9-18/h2-4,8-11,17H,5-7,12-16H2,1H3,(H,22,26). The molecule has 2 heterocycles. The van der Waals surface area contributed by atoms with Gasteiger partial charge in [-0.25, -0.2) is 4.68 Å². The van der Waals surface area contributed by atoms with Gasteiger partial charge in [0.2, 0.25) is 5.91 Å². The SMILES string of the molecule is CC1CCCN(CCCNC(=O)Cn2nc(-c3ccccc3)ccc2=O)C1. The molecule has 1 atom stereocenters. The fraction of sp³-hybridized carbons (Fsp3) is 0.476. The van der Waals surface area contributed by atoms with E-state index in [2.05, 4.69) is 22.2 Å². The molecule has 1 aromatic heterocycles. The van der Waals surface area contributed by atoms with Gasteiger partial charge in [-0.15, -0.1) is 0 Å². The zero-order valence-corrected chi connectivity index (χ0v) is 15.9. The molecule has 0 radical (unpaired) electrons. The van der Waals surface area contributed by atoms with Gasteiger partial charge in [0, 0.05) is 24.7 Å². The summed E-state index contributed by atoms with van der Waals surface area (Å²) in [5.41, 5.74) is 1.33. The molecule has 1 amide bonds. The first kappa shape index (κ1) is 19.3. The molecule has 144 valence electrons. The third-order valence-electron chi connectivity index (χ3n) is 4.94. The molecule has 1 unspecified atom stereocenters. The smallest absolute Gasteiger partial charge is 0.267 e. The van der Waals surface area contributed by atoms with E-state index in [9.17, 15) is 9.59 Å². The van der Waals surface area contributed by atoms with Gasteiger partial charge in [0.25, 0.3) is 5.56 Å². The second kappa shape index (κ2) is 9.46. The topological polar surface area (TPSA) is 67.2 Å². The van der Waals surface area contributed by atoms with Crippen molar-refractivity contribution in [2.45, 2.75) is 32.7 Å². The molecular weight excluding hydrogens is 340 g/mol. The number of carbonyl (C=O) groups is 1. The van der Waals surface area contributed by atoms with Gasteiger partial charge in [0.05, 0.1) is 5.69 Å². The van der Waals surface area contributed by atoms with E-state index >= 15 is 0 Å². The molecule has 0 bridgehead atoms. The Morgan fingerprint density at radius 2 is 2.04 bits per heavy atom. The highest BCUT2D eigenvalue weighted by molar-refractivity contribution is 5.75. The van der Waals surface area contributed by atoms with E-state index in [1.807, 2.05) is 30.3 Å². The lowest BCUT2D eigenvalue weighted by molar-refractivity contribution is -0.121. The van der Waals surface area contributed by atoms with Gasteiger partial charge < -0.3 is 10.2 Å². The third kappa shape index (κ3) is 5.76. The van der Waals surface area contributed by atoms with E-state index in [0.717, 1.165) is 37.5 Å². The van der Waals surface area contributed by atoms with Gasteiger partial charge in [0.15, 0.2) is 0 Å². The number of aromatic nitrogens is 2. The summed E-state index contributed by atoms with van der Waals surface area (Å²) in [6.45, 7) is 6.18. The van der Waals surface area contributed by atoms with Crippen LogP contribution in [0, 0.1) is 5.92 Å². The van der Waals surface area contributed by atoms with Gasteiger partial charge in [-0.3, -0.25) is 9.59 Å². The van der Waals surface area contributed by atoms with Gasteiger partial charge in [-0.2, -0.15) is 5.10 Å². The van der Waals surface area contributed by atoms with Crippen molar-refractivity contribution in [1.82, 2.24) is 20.0 Å². The van der Waals surface area contributed by atoms with Crippen LogP contribution in [0.2, 0.25) is 0 Å². The maximum Gasteiger partial charge on any atom is 0.267 e. The predicted molar refractivity (Wildman–Crippen MR) is 106 cm³/mol. The quantitative estimate of drug-likeness (QED) is 0.761. The first-order chi connectivity index (χ1) is 13.1. The average Bonchev–Trinajstić information content (AvgIpc) is 2.68. The van der Waals surface area contributed by atoms with E-state index in [1.165, 1.54) is 23.6 Å². The second-order valence-electron chi connectivity index (χ2n) is 7.33. The van der Waals surface area contributed by atoms with Crippen molar-refractivity contribution in [3.63, 3.8) is 0 Å². The number of amides is 1. The van der Waals surface area contributed by atoms with Crippen molar-refractivity contribution < 1.29 is 4.79 Å². The lowest BCUT2D eigenvalue weighted by Crippen LogP contribution is -2.37. The molecule has 6 heteroatoms. The molecule has 6 nitrogen and oxygen atoms in total. The number of carbonyl (C=O) groups excluding carboxylic acids is 1. The summed E-state index contributed by atoms with van der Waals surface area (Å²) in [7, 11) is 0. The molecule has 0 aliphatic carbocycles. The van der Waals surface area contributed by atoms with E-state index in [0.29, 0.717) is 12.2 Å². The normalized spacial score (nSPS) is 17.6. The largest absolute Gasteiger partial charge is 0.354 e. The van der Waals surface area contributed by atoms with Crippen molar-refractivity contribution in [3.05, 3.63) is 52.8 Å². The third-order valence-corrected chi connectivity index (χ3v) is 4.94. The number of piperidine rings is 1. The van der Waals surface area contributed by atoms with Crippen molar-refractivity contribution >= 4 is 5.91 Å². The Hall–Kier alpha value is -2.47. The number of likely N-dealkylation sites (tertiary alicyclic amines) is 1. The van der Waals surface area contributed by atoms with Gasteiger partial charge in [-0.05, 0) is 44.3 Å². The number of hydrogen-bond donors (Lipinski definition) is 1. The summed E-state index contributed by atoms with van der Waals surface area (Å²) >= 11 is 0. The van der Waals surface area contributed by atoms with Crippen LogP contribution in [0.5, 0.6) is 0 Å². The summed E-state index contributed by atoms with van der Waals surface area (Å²) in [4.78, 5) is 26.7. The second-order valence-corrected chi connectivity index (χ2v) is 7.33. The molecule has 1 aromatic carbocycles. The summed E-state index contributed by atoms with van der Waals surface area (Å²) in [5, 5.41) is 7.23. The Kier molecular flexibility index (Phi) is 6.76. The Morgan fingerprint density at radius 1 is 1.22 bits per heavy atom. The molecule has 1 aliphatic rings. The minimum absolute atomic E-state index is 0.0553. The fourth-order valence-corrected chi connectivity index (χ4v) is 3.54. The molecule has 1 aliphatic heterocycles. The fourth-order valence-electron chi connectivity index (χ4n) is 3.54. The Bertz CT molecular complexity index is 803. The van der Waals surface area contributed by atoms with E-state index in [-0.39, 0.29) is 18.0 Å². The monoisotopic (exact) mass is 368 g/mol. The predicted octanol–water partition coefficient (Wildman–Crippen LogP) is 2.15. The highest BCUT2D eigenvalue weighted by atomic mass is 16.2. The van der Waals surface area contributed by atoms with Gasteiger partial charge in [0.1, 0.15) is 6.54 Å². The number of rotatable bonds is 7. The molecule has 1 fully saturated rings. The van der Waals surface area contributed by atoms with Crippen LogP contribution in [-0.2, 0) is 11.3 Å². The maximum absolute atomic E-state index is 12.2. The minimum atomic E-state index is -0.271. The van der Waals surface area contributed by atoms with Crippen LogP contribution in [0.15, 0.2) is 47.3 Å². The summed E-state index contributed by atoms with van der Waals surface area (Å²) in [6.07, 6.45) is 3.50. The Morgan fingerprint density at radius 3 is 2.81 bits per heavy atom. The molecular formula is C21H28N4O2. The molecule has 2 aromatic rings. The van der Waals surface area contributed by atoms with Crippen LogP contribution in [0.4, 0.5) is 0 Å². The number of nitrogens with zero attached hydrogens (tertiary/aromatic N) is 3. The summed E-state index contributed by atoms with van der Waals surface area (Å²) < 4.78 is 1.23. The van der Waals surface area contributed by atoms with Crippen LogP contribution in [0.3, 0.4) is 0 Å². The van der Waals surface area contributed by atoms with E-state index in [4.69, 9.17) is 0 Å². The lowest BCUT2D eigenvalue weighted by atomic mass is 10.0. The average molecular weight is 368 g/mol. The summed E-state index contributed by atoms with van der Waals surface area (Å²) in [6, 6.07) is 12.8. The highest BCUT2D eigenvalue weighted by Crippen LogP contribution is 2.15. The lowest BCUT2D eigenvalue weighted by Gasteiger charge is -2.30. The van der Waals surface area contributed by atoms with Gasteiger partial charge in [-0.1, -0.05) is 37.3 Å². The number of nitrogens with one attached hydrogen (secondary N) is 1. The molecule has 3 rings (SSSR count). The van der Waals surface area contributed by atoms with Crippen molar-refractivity contribution in [1.29, 1.82) is 0 Å². The van der Waals surface area contributed by atoms with Crippen molar-refractivity contribution in [2.24, 2.45) is 5.92 Å². The van der Waals surface area contributed by atoms with Crippen LogP contribution < -0.4 is 10.9 Å². The van der Waals surface area contributed by atoms with Crippen LogP contribution in [0.25, 0.3) is 11.3 Å². The molecule has 1 N–H and O–H groups in total. The number of benzene rings is 1. The van der Waals surface area contributed by atoms with Gasteiger partial charge >= 0.3 is 0 Å². The van der Waals surface area contributed by atoms with E-state index in [1.54, 1.807) is 6.07 Å². The van der Waals surface area contributed by atoms with Crippen LogP contribution in [-0.4, -0.2) is 46.8 Å². The van der Waals surface area contributed by atoms with Crippen molar-refractivity contribution in [3.8, 4) is 11.3 Å². The molecule has 0 saturated carbocycles.